The summed E-state index contributed by atoms with van der Waals surface area (Å²) in [6, 6.07) is 7.47. The molecule has 0 N–H and O–H groups in total. The fourth-order valence-electron chi connectivity index (χ4n) is 1.82. The standard InChI is InChI=1S/C13H15ClN2O2S/c1-10-5-3-4-6-11(10)8-19(17,18)9-13-15-7-12(14)16(13)2/h3-7H,8-9H2,1-2H3. The fraction of sp³-hybridized carbons (Fsp3) is 0.308. The number of aromatic nitrogens is 2. The highest BCUT2D eigenvalue weighted by Crippen LogP contribution is 2.16. The lowest BCUT2D eigenvalue weighted by Gasteiger charge is -2.07. The molecule has 0 radical (unpaired) electrons. The highest BCUT2D eigenvalue weighted by Gasteiger charge is 2.17. The van der Waals surface area contributed by atoms with Gasteiger partial charge in [-0.2, -0.15) is 0 Å². The Bertz CT molecular complexity index is 692. The van der Waals surface area contributed by atoms with Crippen LogP contribution in [0.5, 0.6) is 0 Å². The van der Waals surface area contributed by atoms with Crippen molar-refractivity contribution >= 4 is 21.4 Å². The van der Waals surface area contributed by atoms with Gasteiger partial charge in [-0.15, -0.1) is 0 Å². The van der Waals surface area contributed by atoms with Gasteiger partial charge in [-0.1, -0.05) is 35.9 Å². The first kappa shape index (κ1) is 14.1. The van der Waals surface area contributed by atoms with Gasteiger partial charge in [-0.3, -0.25) is 0 Å². The minimum absolute atomic E-state index is 0.0180. The Labute approximate surface area is 118 Å². The highest BCUT2D eigenvalue weighted by atomic mass is 35.5. The zero-order valence-corrected chi connectivity index (χ0v) is 12.4. The summed E-state index contributed by atoms with van der Waals surface area (Å²) in [5.74, 6) is 0.368. The third-order valence-corrected chi connectivity index (χ3v) is 4.81. The lowest BCUT2D eigenvalue weighted by atomic mass is 10.1. The maximum atomic E-state index is 12.2. The van der Waals surface area contributed by atoms with Crippen molar-refractivity contribution in [1.29, 1.82) is 0 Å². The van der Waals surface area contributed by atoms with E-state index < -0.39 is 9.84 Å². The largest absolute Gasteiger partial charge is 0.321 e. The third-order valence-electron chi connectivity index (χ3n) is 3.01. The van der Waals surface area contributed by atoms with E-state index in [2.05, 4.69) is 4.98 Å². The molecule has 1 aromatic carbocycles. The van der Waals surface area contributed by atoms with E-state index in [4.69, 9.17) is 11.6 Å². The number of halogens is 1. The van der Waals surface area contributed by atoms with Gasteiger partial charge in [-0.05, 0) is 18.1 Å². The molecule has 0 aliphatic rings. The number of imidazole rings is 1. The molecule has 19 heavy (non-hydrogen) atoms. The Kier molecular flexibility index (Phi) is 3.96. The van der Waals surface area contributed by atoms with E-state index in [9.17, 15) is 8.42 Å². The second-order valence-electron chi connectivity index (χ2n) is 4.51. The van der Waals surface area contributed by atoms with E-state index in [-0.39, 0.29) is 11.5 Å². The number of rotatable bonds is 4. The van der Waals surface area contributed by atoms with Crippen LogP contribution in [0.15, 0.2) is 30.5 Å². The first-order valence-electron chi connectivity index (χ1n) is 5.80. The summed E-state index contributed by atoms with van der Waals surface area (Å²) in [7, 11) is -1.56. The minimum atomic E-state index is -3.26. The van der Waals surface area contributed by atoms with Crippen molar-refractivity contribution in [3.63, 3.8) is 0 Å². The molecule has 0 atom stereocenters. The van der Waals surface area contributed by atoms with E-state index in [1.54, 1.807) is 11.6 Å². The Morgan fingerprint density at radius 3 is 2.53 bits per heavy atom. The van der Waals surface area contributed by atoms with Gasteiger partial charge >= 0.3 is 0 Å². The van der Waals surface area contributed by atoms with Crippen LogP contribution in [0, 0.1) is 6.92 Å². The van der Waals surface area contributed by atoms with E-state index >= 15 is 0 Å². The summed E-state index contributed by atoms with van der Waals surface area (Å²) >= 11 is 5.85. The molecule has 6 heteroatoms. The van der Waals surface area contributed by atoms with Gasteiger partial charge in [0.25, 0.3) is 0 Å². The average Bonchev–Trinajstić information content (AvgIpc) is 2.63. The average molecular weight is 299 g/mol. The maximum absolute atomic E-state index is 12.2. The van der Waals surface area contributed by atoms with Crippen molar-refractivity contribution in [3.05, 3.63) is 52.6 Å². The van der Waals surface area contributed by atoms with E-state index in [1.165, 1.54) is 6.20 Å². The highest BCUT2D eigenvalue weighted by molar-refractivity contribution is 7.89. The predicted molar refractivity (Wildman–Crippen MR) is 75.7 cm³/mol. The van der Waals surface area contributed by atoms with Crippen molar-refractivity contribution in [2.45, 2.75) is 18.4 Å². The Hall–Kier alpha value is -1.33. The first-order valence-corrected chi connectivity index (χ1v) is 8.00. The number of sulfone groups is 1. The van der Waals surface area contributed by atoms with Crippen LogP contribution in [0.1, 0.15) is 17.0 Å². The number of hydrogen-bond donors (Lipinski definition) is 0. The molecular weight excluding hydrogens is 284 g/mol. The number of hydrogen-bond acceptors (Lipinski definition) is 3. The molecule has 0 aliphatic carbocycles. The summed E-state index contributed by atoms with van der Waals surface area (Å²) in [5, 5.41) is 0.432. The van der Waals surface area contributed by atoms with Gasteiger partial charge in [-0.25, -0.2) is 13.4 Å². The van der Waals surface area contributed by atoms with Gasteiger partial charge < -0.3 is 4.57 Å². The molecule has 0 aliphatic heterocycles. The normalized spacial score (nSPS) is 11.7. The maximum Gasteiger partial charge on any atom is 0.161 e. The molecule has 0 saturated carbocycles. The SMILES string of the molecule is Cc1ccccc1CS(=O)(=O)Cc1ncc(Cl)n1C. The molecule has 1 aromatic heterocycles. The van der Waals surface area contributed by atoms with Crippen LogP contribution in [-0.4, -0.2) is 18.0 Å². The van der Waals surface area contributed by atoms with E-state index in [0.717, 1.165) is 11.1 Å². The zero-order valence-electron chi connectivity index (χ0n) is 10.8. The topological polar surface area (TPSA) is 52.0 Å². The molecule has 0 amide bonds. The monoisotopic (exact) mass is 298 g/mol. The molecule has 0 saturated heterocycles. The summed E-state index contributed by atoms with van der Waals surface area (Å²) in [5.41, 5.74) is 1.80. The van der Waals surface area contributed by atoms with Crippen LogP contribution < -0.4 is 0 Å². The second-order valence-corrected chi connectivity index (χ2v) is 6.97. The van der Waals surface area contributed by atoms with E-state index in [1.807, 2.05) is 31.2 Å². The molecule has 0 unspecified atom stereocenters. The van der Waals surface area contributed by atoms with Gasteiger partial charge in [0.15, 0.2) is 9.84 Å². The zero-order chi connectivity index (χ0) is 14.0. The summed E-state index contributed by atoms with van der Waals surface area (Å²) < 4.78 is 26.0. The van der Waals surface area contributed by atoms with Crippen molar-refractivity contribution in [2.75, 3.05) is 0 Å². The van der Waals surface area contributed by atoms with Crippen molar-refractivity contribution in [3.8, 4) is 0 Å². The van der Waals surface area contributed by atoms with Gasteiger partial charge in [0, 0.05) is 7.05 Å². The van der Waals surface area contributed by atoms with Crippen molar-refractivity contribution in [2.24, 2.45) is 7.05 Å². The van der Waals surface area contributed by atoms with Gasteiger partial charge in [0.1, 0.15) is 16.7 Å². The van der Waals surface area contributed by atoms with Crippen LogP contribution >= 0.6 is 11.6 Å². The summed E-state index contributed by atoms with van der Waals surface area (Å²) in [6.45, 7) is 1.91. The van der Waals surface area contributed by atoms with E-state index in [0.29, 0.717) is 11.0 Å². The van der Waals surface area contributed by atoms with Crippen molar-refractivity contribution < 1.29 is 8.42 Å². The first-order chi connectivity index (χ1) is 8.89. The Balaban J connectivity index is 2.20. The molecule has 102 valence electrons. The number of nitrogens with zero attached hydrogens (tertiary/aromatic N) is 2. The fourth-order valence-corrected chi connectivity index (χ4v) is 3.52. The Morgan fingerprint density at radius 1 is 1.26 bits per heavy atom. The van der Waals surface area contributed by atoms with Crippen LogP contribution in [0.2, 0.25) is 5.15 Å². The van der Waals surface area contributed by atoms with Crippen LogP contribution in [-0.2, 0) is 28.4 Å². The molecule has 1 heterocycles. The Morgan fingerprint density at radius 2 is 1.95 bits per heavy atom. The predicted octanol–water partition coefficient (Wildman–Crippen LogP) is 2.50. The quantitative estimate of drug-likeness (QED) is 0.871. The molecule has 2 rings (SSSR count). The molecule has 0 spiro atoms. The van der Waals surface area contributed by atoms with Crippen LogP contribution in [0.3, 0.4) is 0 Å². The molecule has 4 nitrogen and oxygen atoms in total. The summed E-state index contributed by atoms with van der Waals surface area (Å²) in [6.07, 6.45) is 1.46. The molecule has 0 fully saturated rings. The van der Waals surface area contributed by atoms with Gasteiger partial charge in [0.2, 0.25) is 0 Å². The lowest BCUT2D eigenvalue weighted by Crippen LogP contribution is -2.12. The van der Waals surface area contributed by atoms with Crippen LogP contribution in [0.4, 0.5) is 0 Å². The van der Waals surface area contributed by atoms with Crippen LogP contribution in [0.25, 0.3) is 0 Å². The second kappa shape index (κ2) is 5.35. The van der Waals surface area contributed by atoms with Crippen molar-refractivity contribution in [1.82, 2.24) is 9.55 Å². The third kappa shape index (κ3) is 3.36. The smallest absolute Gasteiger partial charge is 0.161 e. The molecule has 0 bridgehead atoms. The number of aryl methyl sites for hydroxylation is 1. The molecular formula is C13H15ClN2O2S. The summed E-state index contributed by atoms with van der Waals surface area (Å²) in [4.78, 5) is 4.02. The molecule has 2 aromatic rings. The van der Waals surface area contributed by atoms with Gasteiger partial charge in [0.05, 0.1) is 11.9 Å². The lowest BCUT2D eigenvalue weighted by molar-refractivity contribution is 0.591. The number of benzene rings is 1. The minimum Gasteiger partial charge on any atom is -0.321 e.